The van der Waals surface area contributed by atoms with Crippen molar-refractivity contribution in [3.05, 3.63) is 59.9 Å². The number of morpholine rings is 1. The Bertz CT molecular complexity index is 958. The highest BCUT2D eigenvalue weighted by atomic mass is 32.2. The van der Waals surface area contributed by atoms with Crippen LogP contribution in [0.25, 0.3) is 0 Å². The lowest BCUT2D eigenvalue weighted by Crippen LogP contribution is -2.40. The van der Waals surface area contributed by atoms with Gasteiger partial charge in [-0.25, -0.2) is 12.8 Å². The van der Waals surface area contributed by atoms with E-state index in [0.29, 0.717) is 44.7 Å². The summed E-state index contributed by atoms with van der Waals surface area (Å²) in [7, 11) is -3.49. The first kappa shape index (κ1) is 22.2. The average Bonchev–Trinajstić information content (AvgIpc) is 3.62. The fourth-order valence-electron chi connectivity index (χ4n) is 3.81. The molecule has 6 nitrogen and oxygen atoms in total. The molecule has 0 bridgehead atoms. The number of ether oxygens (including phenoxy) is 2. The van der Waals surface area contributed by atoms with Gasteiger partial charge in [-0.1, -0.05) is 12.1 Å². The van der Waals surface area contributed by atoms with Crippen LogP contribution in [0.5, 0.6) is 5.75 Å². The van der Waals surface area contributed by atoms with Crippen molar-refractivity contribution >= 4 is 10.0 Å². The zero-order valence-corrected chi connectivity index (χ0v) is 18.4. The molecule has 2 fully saturated rings. The molecule has 1 saturated heterocycles. The Morgan fingerprint density at radius 2 is 1.81 bits per heavy atom. The maximum absolute atomic E-state index is 13.4. The number of sulfonamides is 1. The summed E-state index contributed by atoms with van der Waals surface area (Å²) in [5.41, 5.74) is 1.00. The molecule has 31 heavy (non-hydrogen) atoms. The van der Waals surface area contributed by atoms with Crippen molar-refractivity contribution < 1.29 is 22.3 Å². The van der Waals surface area contributed by atoms with E-state index in [4.69, 9.17) is 9.47 Å². The fraction of sp³-hybridized carbons (Fsp3) is 0.478. The lowest BCUT2D eigenvalue weighted by Gasteiger charge is -2.26. The van der Waals surface area contributed by atoms with Crippen molar-refractivity contribution in [2.24, 2.45) is 0 Å². The highest BCUT2D eigenvalue weighted by Gasteiger charge is 2.28. The first-order chi connectivity index (χ1) is 15.0. The summed E-state index contributed by atoms with van der Waals surface area (Å²) in [6.07, 6.45) is 3.19. The molecule has 2 aromatic carbocycles. The van der Waals surface area contributed by atoms with Crippen LogP contribution in [-0.2, 0) is 21.2 Å². The van der Waals surface area contributed by atoms with Gasteiger partial charge in [0.1, 0.15) is 18.2 Å². The molecule has 1 aliphatic heterocycles. The van der Waals surface area contributed by atoms with Gasteiger partial charge in [0.25, 0.3) is 0 Å². The Balaban J connectivity index is 1.27. The van der Waals surface area contributed by atoms with Crippen LogP contribution in [0.1, 0.15) is 18.4 Å². The van der Waals surface area contributed by atoms with Crippen molar-refractivity contribution in [2.75, 3.05) is 46.0 Å². The standard InChI is InChI=1S/C23H29FN2O4S/c24-20-3-1-2-19(18-20)10-11-25(21-4-5-21)12-17-30-22-6-8-23(9-7-22)31(27,28)26-13-15-29-16-14-26/h1-3,6-9,18,21H,4-5,10-17H2. The van der Waals surface area contributed by atoms with Gasteiger partial charge in [0.05, 0.1) is 18.1 Å². The second kappa shape index (κ2) is 10.1. The highest BCUT2D eigenvalue weighted by molar-refractivity contribution is 7.89. The maximum atomic E-state index is 13.4. The third-order valence-corrected chi connectivity index (χ3v) is 7.63. The number of benzene rings is 2. The van der Waals surface area contributed by atoms with Gasteiger partial charge in [-0.05, 0) is 61.2 Å². The van der Waals surface area contributed by atoms with E-state index in [1.807, 2.05) is 6.07 Å². The van der Waals surface area contributed by atoms with E-state index in [-0.39, 0.29) is 10.7 Å². The van der Waals surface area contributed by atoms with E-state index in [1.165, 1.54) is 23.2 Å². The number of nitrogens with zero attached hydrogens (tertiary/aromatic N) is 2. The summed E-state index contributed by atoms with van der Waals surface area (Å²) >= 11 is 0. The third kappa shape index (κ3) is 6.04. The van der Waals surface area contributed by atoms with Crippen LogP contribution in [0.3, 0.4) is 0 Å². The molecule has 8 heteroatoms. The average molecular weight is 449 g/mol. The van der Waals surface area contributed by atoms with Crippen LogP contribution in [0.4, 0.5) is 4.39 Å². The minimum Gasteiger partial charge on any atom is -0.492 e. The van der Waals surface area contributed by atoms with Gasteiger partial charge in [-0.3, -0.25) is 4.90 Å². The van der Waals surface area contributed by atoms with Gasteiger partial charge in [0.2, 0.25) is 10.0 Å². The van der Waals surface area contributed by atoms with Crippen LogP contribution in [0.15, 0.2) is 53.4 Å². The first-order valence-electron chi connectivity index (χ1n) is 10.8. The van der Waals surface area contributed by atoms with Crippen molar-refractivity contribution in [3.63, 3.8) is 0 Å². The van der Waals surface area contributed by atoms with Gasteiger partial charge in [-0.2, -0.15) is 4.31 Å². The molecule has 0 radical (unpaired) electrons. The van der Waals surface area contributed by atoms with E-state index in [9.17, 15) is 12.8 Å². The predicted molar refractivity (Wildman–Crippen MR) is 116 cm³/mol. The zero-order chi connectivity index (χ0) is 21.7. The van der Waals surface area contributed by atoms with Gasteiger partial charge < -0.3 is 9.47 Å². The minimum atomic E-state index is -3.49. The summed E-state index contributed by atoms with van der Waals surface area (Å²) in [5.74, 6) is 0.458. The third-order valence-electron chi connectivity index (χ3n) is 5.72. The largest absolute Gasteiger partial charge is 0.492 e. The molecule has 0 aromatic heterocycles. The van der Waals surface area contributed by atoms with Gasteiger partial charge in [0.15, 0.2) is 0 Å². The van der Waals surface area contributed by atoms with Crippen molar-refractivity contribution in [1.82, 2.24) is 9.21 Å². The van der Waals surface area contributed by atoms with Crippen LogP contribution in [-0.4, -0.2) is 69.7 Å². The van der Waals surface area contributed by atoms with Crippen LogP contribution < -0.4 is 4.74 Å². The molecular formula is C23H29FN2O4S. The van der Waals surface area contributed by atoms with Crippen molar-refractivity contribution in [2.45, 2.75) is 30.2 Å². The number of halogens is 1. The van der Waals surface area contributed by atoms with E-state index in [2.05, 4.69) is 4.90 Å². The van der Waals surface area contributed by atoms with Crippen LogP contribution in [0.2, 0.25) is 0 Å². The number of rotatable bonds is 10. The normalized spacial score (nSPS) is 17.7. The lowest BCUT2D eigenvalue weighted by atomic mass is 10.1. The van der Waals surface area contributed by atoms with Gasteiger partial charge in [-0.15, -0.1) is 0 Å². The maximum Gasteiger partial charge on any atom is 0.243 e. The van der Waals surface area contributed by atoms with Gasteiger partial charge >= 0.3 is 0 Å². The molecule has 168 valence electrons. The number of hydrogen-bond donors (Lipinski definition) is 0. The Hall–Kier alpha value is -2.00. The quantitative estimate of drug-likeness (QED) is 0.559. The van der Waals surface area contributed by atoms with Crippen LogP contribution in [0, 0.1) is 5.82 Å². The molecule has 1 saturated carbocycles. The first-order valence-corrected chi connectivity index (χ1v) is 12.3. The van der Waals surface area contributed by atoms with E-state index >= 15 is 0 Å². The summed E-state index contributed by atoms with van der Waals surface area (Å²) in [6, 6.07) is 14.0. The SMILES string of the molecule is O=S(=O)(c1ccc(OCCN(CCc2cccc(F)c2)C2CC2)cc1)N1CCOCC1. The smallest absolute Gasteiger partial charge is 0.243 e. The predicted octanol–water partition coefficient (Wildman–Crippen LogP) is 2.93. The summed E-state index contributed by atoms with van der Waals surface area (Å²) in [4.78, 5) is 2.67. The molecule has 0 spiro atoms. The van der Waals surface area contributed by atoms with E-state index in [0.717, 1.165) is 25.1 Å². The molecule has 1 heterocycles. The summed E-state index contributed by atoms with van der Waals surface area (Å²) < 4.78 is 51.3. The monoisotopic (exact) mass is 448 g/mol. The molecule has 2 aliphatic rings. The second-order valence-corrected chi connectivity index (χ2v) is 9.92. The molecule has 0 unspecified atom stereocenters. The Labute approximate surface area is 183 Å². The van der Waals surface area contributed by atoms with Crippen molar-refractivity contribution in [3.8, 4) is 5.75 Å². The fourth-order valence-corrected chi connectivity index (χ4v) is 5.21. The summed E-state index contributed by atoms with van der Waals surface area (Å²) in [5, 5.41) is 0. The molecular weight excluding hydrogens is 419 g/mol. The Morgan fingerprint density at radius 1 is 1.06 bits per heavy atom. The van der Waals surface area contributed by atoms with E-state index in [1.54, 1.807) is 36.4 Å². The van der Waals surface area contributed by atoms with Gasteiger partial charge in [0, 0.05) is 32.2 Å². The minimum absolute atomic E-state index is 0.196. The Morgan fingerprint density at radius 3 is 2.48 bits per heavy atom. The Kier molecular flexibility index (Phi) is 7.22. The molecule has 0 N–H and O–H groups in total. The van der Waals surface area contributed by atoms with E-state index < -0.39 is 10.0 Å². The topological polar surface area (TPSA) is 59.1 Å². The molecule has 2 aromatic rings. The highest BCUT2D eigenvalue weighted by Crippen LogP contribution is 2.27. The van der Waals surface area contributed by atoms with Crippen LogP contribution >= 0.6 is 0 Å². The molecule has 0 atom stereocenters. The zero-order valence-electron chi connectivity index (χ0n) is 17.6. The molecule has 4 rings (SSSR count). The lowest BCUT2D eigenvalue weighted by molar-refractivity contribution is 0.0730. The number of hydrogen-bond acceptors (Lipinski definition) is 5. The molecule has 0 amide bonds. The van der Waals surface area contributed by atoms with Crippen molar-refractivity contribution in [1.29, 1.82) is 0 Å². The second-order valence-electron chi connectivity index (χ2n) is 7.98. The summed E-state index contributed by atoms with van der Waals surface area (Å²) in [6.45, 7) is 3.80. The molecule has 1 aliphatic carbocycles.